The van der Waals surface area contributed by atoms with E-state index >= 15 is 0 Å². The average Bonchev–Trinajstić information content (AvgIpc) is 3.07. The van der Waals surface area contributed by atoms with Crippen LogP contribution in [0.3, 0.4) is 0 Å². The smallest absolute Gasteiger partial charge is 0.264 e. The number of aromatic nitrogens is 1. The summed E-state index contributed by atoms with van der Waals surface area (Å²) in [4.78, 5) is 20.1. The van der Waals surface area contributed by atoms with E-state index in [4.69, 9.17) is 0 Å². The van der Waals surface area contributed by atoms with Crippen LogP contribution in [-0.4, -0.2) is 22.8 Å². The zero-order valence-electron chi connectivity index (χ0n) is 15.6. The predicted octanol–water partition coefficient (Wildman–Crippen LogP) is 5.61. The second-order valence-corrected chi connectivity index (χ2v) is 7.71. The van der Waals surface area contributed by atoms with Gasteiger partial charge in [0.1, 0.15) is 5.82 Å². The maximum atomic E-state index is 14.3. The first-order chi connectivity index (χ1) is 13.6. The molecule has 0 aliphatic rings. The molecular formula is C23H19FN2OS. The van der Waals surface area contributed by atoms with E-state index in [-0.39, 0.29) is 17.8 Å². The van der Waals surface area contributed by atoms with Gasteiger partial charge in [0.05, 0.1) is 16.6 Å². The van der Waals surface area contributed by atoms with E-state index in [1.54, 1.807) is 31.1 Å². The van der Waals surface area contributed by atoms with Crippen molar-refractivity contribution in [1.29, 1.82) is 0 Å². The molecule has 0 fully saturated rings. The monoisotopic (exact) mass is 390 g/mol. The lowest BCUT2D eigenvalue weighted by atomic mass is 10.0. The van der Waals surface area contributed by atoms with Crippen molar-refractivity contribution >= 4 is 27.3 Å². The van der Waals surface area contributed by atoms with Gasteiger partial charge >= 0.3 is 0 Å². The van der Waals surface area contributed by atoms with Crippen molar-refractivity contribution in [1.82, 2.24) is 9.88 Å². The molecule has 1 unspecified atom stereocenters. The molecule has 4 aromatic rings. The molecule has 3 nitrogen and oxygen atoms in total. The van der Waals surface area contributed by atoms with Crippen molar-refractivity contribution in [2.75, 3.05) is 7.05 Å². The molecule has 0 saturated carbocycles. The Morgan fingerprint density at radius 2 is 1.79 bits per heavy atom. The minimum absolute atomic E-state index is 0.141. The Balaban J connectivity index is 1.79. The number of pyridine rings is 1. The number of nitrogens with zero attached hydrogens (tertiary/aromatic N) is 2. The maximum Gasteiger partial charge on any atom is 0.264 e. The first-order valence-corrected chi connectivity index (χ1v) is 9.80. The summed E-state index contributed by atoms with van der Waals surface area (Å²) in [7, 11) is 1.77. The predicted molar refractivity (Wildman–Crippen MR) is 111 cm³/mol. The Hall–Kier alpha value is -3.05. The lowest BCUT2D eigenvalue weighted by molar-refractivity contribution is 0.0757. The zero-order chi connectivity index (χ0) is 19.7. The number of thiophene rings is 1. The molecule has 2 aromatic carbocycles. The highest BCUT2D eigenvalue weighted by Crippen LogP contribution is 2.35. The number of hydrogen-bond donors (Lipinski definition) is 0. The molecule has 2 aromatic heterocycles. The van der Waals surface area contributed by atoms with Crippen LogP contribution in [-0.2, 0) is 0 Å². The second kappa shape index (κ2) is 7.52. The van der Waals surface area contributed by atoms with Crippen molar-refractivity contribution in [3.63, 3.8) is 0 Å². The number of fused-ring (bicyclic) bond motifs is 1. The van der Waals surface area contributed by atoms with E-state index in [1.807, 2.05) is 54.6 Å². The van der Waals surface area contributed by atoms with Gasteiger partial charge in [0, 0.05) is 23.3 Å². The van der Waals surface area contributed by atoms with Crippen molar-refractivity contribution < 1.29 is 9.18 Å². The summed E-state index contributed by atoms with van der Waals surface area (Å²) in [5, 5.41) is 0.526. The van der Waals surface area contributed by atoms with Crippen LogP contribution < -0.4 is 0 Å². The number of amides is 1. The fraction of sp³-hybridized carbons (Fsp3) is 0.130. The molecule has 0 aliphatic heterocycles. The van der Waals surface area contributed by atoms with Gasteiger partial charge in [0.15, 0.2) is 0 Å². The minimum atomic E-state index is -0.329. The van der Waals surface area contributed by atoms with Crippen LogP contribution >= 0.6 is 11.3 Å². The van der Waals surface area contributed by atoms with Crippen LogP contribution in [0, 0.1) is 12.7 Å². The molecule has 5 heteroatoms. The molecule has 2 heterocycles. The van der Waals surface area contributed by atoms with Crippen molar-refractivity contribution in [3.05, 3.63) is 100 Å². The summed E-state index contributed by atoms with van der Waals surface area (Å²) in [6.07, 6.45) is 1.73. The van der Waals surface area contributed by atoms with Crippen LogP contribution in [0.5, 0.6) is 0 Å². The van der Waals surface area contributed by atoms with Gasteiger partial charge < -0.3 is 4.90 Å². The average molecular weight is 390 g/mol. The lowest BCUT2D eigenvalue weighted by Gasteiger charge is -2.28. The molecule has 0 saturated heterocycles. The first-order valence-electron chi connectivity index (χ1n) is 8.98. The summed E-state index contributed by atoms with van der Waals surface area (Å²) in [5.41, 5.74) is 2.44. The third kappa shape index (κ3) is 3.18. The van der Waals surface area contributed by atoms with Gasteiger partial charge in [0.2, 0.25) is 0 Å². The van der Waals surface area contributed by atoms with Gasteiger partial charge in [-0.1, -0.05) is 42.5 Å². The number of benzene rings is 2. The Morgan fingerprint density at radius 1 is 1.04 bits per heavy atom. The summed E-state index contributed by atoms with van der Waals surface area (Å²) < 4.78 is 15.1. The van der Waals surface area contributed by atoms with E-state index in [1.165, 1.54) is 17.4 Å². The van der Waals surface area contributed by atoms with Crippen molar-refractivity contribution in [2.45, 2.75) is 13.0 Å². The number of aryl methyl sites for hydroxylation is 1. The Labute approximate surface area is 167 Å². The van der Waals surface area contributed by atoms with Crippen LogP contribution in [0.4, 0.5) is 4.39 Å². The Kier molecular flexibility index (Phi) is 4.92. The molecule has 0 spiro atoms. The van der Waals surface area contributed by atoms with E-state index in [9.17, 15) is 9.18 Å². The number of halogens is 1. The summed E-state index contributed by atoms with van der Waals surface area (Å²) >= 11 is 1.33. The maximum absolute atomic E-state index is 14.3. The standard InChI is InChI=1S/C23H19FN2OS/c1-15-20-17(24)11-8-13-19(20)28-22(15)23(27)26(2)21(16-9-4-3-5-10-16)18-12-6-7-14-25-18/h3-14,21H,1-2H3. The summed E-state index contributed by atoms with van der Waals surface area (Å²) in [5.74, 6) is -0.435. The number of rotatable bonds is 4. The van der Waals surface area contributed by atoms with Crippen LogP contribution in [0.25, 0.3) is 10.1 Å². The molecule has 0 N–H and O–H groups in total. The normalized spacial score (nSPS) is 12.1. The molecule has 140 valence electrons. The molecular weight excluding hydrogens is 371 g/mol. The zero-order valence-corrected chi connectivity index (χ0v) is 16.4. The van der Waals surface area contributed by atoms with Crippen molar-refractivity contribution in [2.24, 2.45) is 0 Å². The van der Waals surface area contributed by atoms with Crippen LogP contribution in [0.2, 0.25) is 0 Å². The highest BCUT2D eigenvalue weighted by molar-refractivity contribution is 7.21. The highest BCUT2D eigenvalue weighted by atomic mass is 32.1. The van der Waals surface area contributed by atoms with Gasteiger partial charge in [-0.25, -0.2) is 4.39 Å². The van der Waals surface area contributed by atoms with Crippen molar-refractivity contribution in [3.8, 4) is 0 Å². The fourth-order valence-corrected chi connectivity index (χ4v) is 4.71. The van der Waals surface area contributed by atoms with E-state index in [2.05, 4.69) is 4.98 Å². The molecule has 0 aliphatic carbocycles. The van der Waals surface area contributed by atoms with Gasteiger partial charge in [-0.3, -0.25) is 9.78 Å². The van der Waals surface area contributed by atoms with Gasteiger partial charge in [-0.2, -0.15) is 0 Å². The van der Waals surface area contributed by atoms with E-state index < -0.39 is 0 Å². The summed E-state index contributed by atoms with van der Waals surface area (Å²) in [6, 6.07) is 20.1. The van der Waals surface area contributed by atoms with E-state index in [0.29, 0.717) is 15.8 Å². The molecule has 0 bridgehead atoms. The van der Waals surface area contributed by atoms with Crippen LogP contribution in [0.15, 0.2) is 72.9 Å². The van der Waals surface area contributed by atoms with Gasteiger partial charge in [-0.05, 0) is 42.3 Å². The lowest BCUT2D eigenvalue weighted by Crippen LogP contribution is -2.32. The Morgan fingerprint density at radius 3 is 2.46 bits per heavy atom. The van der Waals surface area contributed by atoms with E-state index in [0.717, 1.165) is 16.0 Å². The SMILES string of the molecule is Cc1c(C(=O)N(C)C(c2ccccc2)c2ccccn2)sc2cccc(F)c12. The Bertz CT molecular complexity index is 1090. The highest BCUT2D eigenvalue weighted by Gasteiger charge is 2.28. The summed E-state index contributed by atoms with van der Waals surface area (Å²) in [6.45, 7) is 1.81. The first kappa shape index (κ1) is 18.3. The third-order valence-corrected chi connectivity index (χ3v) is 6.13. The molecule has 4 rings (SSSR count). The molecule has 0 radical (unpaired) electrons. The minimum Gasteiger partial charge on any atom is -0.328 e. The molecule has 28 heavy (non-hydrogen) atoms. The van der Waals surface area contributed by atoms with Gasteiger partial charge in [0.25, 0.3) is 5.91 Å². The molecule has 1 amide bonds. The van der Waals surface area contributed by atoms with Crippen LogP contribution in [0.1, 0.15) is 32.5 Å². The number of carbonyl (C=O) groups excluding carboxylic acids is 1. The molecule has 1 atom stereocenters. The fourth-order valence-electron chi connectivity index (χ4n) is 3.50. The third-order valence-electron chi connectivity index (χ3n) is 4.89. The quantitative estimate of drug-likeness (QED) is 0.454. The van der Waals surface area contributed by atoms with Gasteiger partial charge in [-0.15, -0.1) is 11.3 Å². The number of carbonyl (C=O) groups is 1. The second-order valence-electron chi connectivity index (χ2n) is 6.65. The topological polar surface area (TPSA) is 33.2 Å². The largest absolute Gasteiger partial charge is 0.328 e. The number of hydrogen-bond acceptors (Lipinski definition) is 3.